The summed E-state index contributed by atoms with van der Waals surface area (Å²) in [5, 5.41) is 5.26. The molecule has 5 nitrogen and oxygen atoms in total. The fraction of sp³-hybridized carbons (Fsp3) is 0.100. The molecule has 0 amide bonds. The van der Waals surface area contributed by atoms with E-state index >= 15 is 0 Å². The summed E-state index contributed by atoms with van der Waals surface area (Å²) in [6.45, 7) is 0.634. The lowest BCUT2D eigenvalue weighted by atomic mass is 10.2. The van der Waals surface area contributed by atoms with E-state index in [0.29, 0.717) is 23.6 Å². The summed E-state index contributed by atoms with van der Waals surface area (Å²) in [5.41, 5.74) is 2.74. The van der Waals surface area contributed by atoms with Gasteiger partial charge in [0.15, 0.2) is 0 Å². The first kappa shape index (κ1) is 17.2. The van der Waals surface area contributed by atoms with Gasteiger partial charge in [0.05, 0.1) is 30.3 Å². The van der Waals surface area contributed by atoms with Crippen LogP contribution in [0.15, 0.2) is 60.0 Å². The molecule has 7 heteroatoms. The maximum atomic E-state index is 13.2. The Hall–Kier alpha value is -3.19. The Morgan fingerprint density at radius 3 is 2.74 bits per heavy atom. The quantitative estimate of drug-likeness (QED) is 0.504. The number of halogens is 1. The largest absolute Gasteiger partial charge is 0.465 e. The van der Waals surface area contributed by atoms with Crippen LogP contribution >= 0.6 is 11.3 Å². The molecular formula is C20H16FN3O2S. The summed E-state index contributed by atoms with van der Waals surface area (Å²) in [7, 11) is 1.35. The number of benzene rings is 2. The van der Waals surface area contributed by atoms with E-state index in [2.05, 4.69) is 16.4 Å². The Balaban J connectivity index is 1.79. The van der Waals surface area contributed by atoms with Gasteiger partial charge in [-0.25, -0.2) is 14.2 Å². The summed E-state index contributed by atoms with van der Waals surface area (Å²) in [6.07, 6.45) is 0. The highest BCUT2D eigenvalue weighted by atomic mass is 32.1. The van der Waals surface area contributed by atoms with Crippen molar-refractivity contribution in [3.05, 3.63) is 76.2 Å². The number of anilines is 2. The standard InChI is InChI=1S/C20H16FN3O2S/c1-26-19(25)13-4-9-18-17(11-13)23-20(22-15-7-5-14(21)6-8-15)24(18)12-16-3-2-10-27-16/h2-11H,12H2,1H3,(H,22,23). The average molecular weight is 381 g/mol. The van der Waals surface area contributed by atoms with Crippen molar-refractivity contribution in [2.75, 3.05) is 12.4 Å². The van der Waals surface area contributed by atoms with Crippen LogP contribution in [0.1, 0.15) is 15.2 Å². The summed E-state index contributed by atoms with van der Waals surface area (Å²) in [6, 6.07) is 15.5. The summed E-state index contributed by atoms with van der Waals surface area (Å²) < 4.78 is 20.0. The Labute approximate surface area is 159 Å². The van der Waals surface area contributed by atoms with Gasteiger partial charge in [-0.2, -0.15) is 0 Å². The van der Waals surface area contributed by atoms with Crippen molar-refractivity contribution in [1.82, 2.24) is 9.55 Å². The summed E-state index contributed by atoms with van der Waals surface area (Å²) >= 11 is 1.66. The molecule has 0 aliphatic heterocycles. The maximum absolute atomic E-state index is 13.2. The van der Waals surface area contributed by atoms with E-state index in [1.54, 1.807) is 35.6 Å². The third-order valence-electron chi connectivity index (χ3n) is 4.16. The van der Waals surface area contributed by atoms with E-state index in [4.69, 9.17) is 4.74 Å². The highest BCUT2D eigenvalue weighted by molar-refractivity contribution is 7.09. The van der Waals surface area contributed by atoms with Gasteiger partial charge < -0.3 is 14.6 Å². The van der Waals surface area contributed by atoms with Gasteiger partial charge in [0, 0.05) is 10.6 Å². The zero-order chi connectivity index (χ0) is 18.8. The smallest absolute Gasteiger partial charge is 0.337 e. The number of carbonyl (C=O) groups is 1. The molecular weight excluding hydrogens is 365 g/mol. The second kappa shape index (κ2) is 7.20. The maximum Gasteiger partial charge on any atom is 0.337 e. The van der Waals surface area contributed by atoms with Gasteiger partial charge in [-0.3, -0.25) is 0 Å². The lowest BCUT2D eigenvalue weighted by molar-refractivity contribution is 0.0601. The van der Waals surface area contributed by atoms with Gasteiger partial charge in [0.25, 0.3) is 0 Å². The predicted octanol–water partition coefficient (Wildman–Crippen LogP) is 4.82. The van der Waals surface area contributed by atoms with E-state index in [1.165, 1.54) is 24.1 Å². The van der Waals surface area contributed by atoms with E-state index in [0.717, 1.165) is 11.2 Å². The fourth-order valence-corrected chi connectivity index (χ4v) is 3.54. The van der Waals surface area contributed by atoms with Crippen LogP contribution in [-0.2, 0) is 11.3 Å². The number of hydrogen-bond acceptors (Lipinski definition) is 5. The van der Waals surface area contributed by atoms with Crippen LogP contribution in [0.5, 0.6) is 0 Å². The number of nitrogens with one attached hydrogen (secondary N) is 1. The first-order valence-electron chi connectivity index (χ1n) is 8.27. The number of ether oxygens (including phenoxy) is 1. The van der Waals surface area contributed by atoms with Crippen LogP contribution in [0.4, 0.5) is 16.0 Å². The predicted molar refractivity (Wildman–Crippen MR) is 104 cm³/mol. The number of rotatable bonds is 5. The fourth-order valence-electron chi connectivity index (χ4n) is 2.85. The SMILES string of the molecule is COC(=O)c1ccc2c(c1)nc(Nc1ccc(F)cc1)n2Cc1cccs1. The Morgan fingerprint density at radius 1 is 1.22 bits per heavy atom. The number of hydrogen-bond donors (Lipinski definition) is 1. The zero-order valence-corrected chi connectivity index (χ0v) is 15.3. The van der Waals surface area contributed by atoms with Crippen LogP contribution in [0, 0.1) is 5.82 Å². The minimum absolute atomic E-state index is 0.296. The molecule has 0 fully saturated rings. The number of nitrogens with zero attached hydrogens (tertiary/aromatic N) is 2. The zero-order valence-electron chi connectivity index (χ0n) is 14.5. The van der Waals surface area contributed by atoms with Gasteiger partial charge in [0.2, 0.25) is 5.95 Å². The molecule has 0 bridgehead atoms. The third-order valence-corrected chi connectivity index (χ3v) is 5.02. The molecule has 4 aromatic rings. The summed E-state index contributed by atoms with van der Waals surface area (Å²) in [4.78, 5) is 17.6. The molecule has 2 aromatic carbocycles. The normalized spacial score (nSPS) is 10.9. The number of esters is 1. The molecule has 4 rings (SSSR count). The number of aromatic nitrogens is 2. The van der Waals surface area contributed by atoms with Gasteiger partial charge in [-0.15, -0.1) is 11.3 Å². The third kappa shape index (κ3) is 3.54. The molecule has 0 radical (unpaired) electrons. The second-order valence-electron chi connectivity index (χ2n) is 5.93. The van der Waals surface area contributed by atoms with Crippen LogP contribution in [0.25, 0.3) is 11.0 Å². The van der Waals surface area contributed by atoms with Gasteiger partial charge in [-0.1, -0.05) is 6.07 Å². The number of thiophene rings is 1. The minimum atomic E-state index is -0.405. The Bertz CT molecular complexity index is 1090. The van der Waals surface area contributed by atoms with Gasteiger partial charge in [0.1, 0.15) is 5.82 Å². The van der Waals surface area contributed by atoms with E-state index < -0.39 is 5.97 Å². The molecule has 0 atom stereocenters. The molecule has 1 N–H and O–H groups in total. The van der Waals surface area contributed by atoms with Crippen molar-refractivity contribution >= 4 is 40.0 Å². The van der Waals surface area contributed by atoms with Crippen molar-refractivity contribution in [3.63, 3.8) is 0 Å². The first-order chi connectivity index (χ1) is 13.1. The van der Waals surface area contributed by atoms with Crippen molar-refractivity contribution in [2.45, 2.75) is 6.54 Å². The number of methoxy groups -OCH3 is 1. The second-order valence-corrected chi connectivity index (χ2v) is 6.96. The lowest BCUT2D eigenvalue weighted by Crippen LogP contribution is -2.04. The topological polar surface area (TPSA) is 56.1 Å². The van der Waals surface area contributed by atoms with Crippen molar-refractivity contribution in [1.29, 1.82) is 0 Å². The van der Waals surface area contributed by atoms with Gasteiger partial charge >= 0.3 is 5.97 Å². The lowest BCUT2D eigenvalue weighted by Gasteiger charge is -2.10. The number of imidazole rings is 1. The van der Waals surface area contributed by atoms with Crippen LogP contribution in [0.2, 0.25) is 0 Å². The highest BCUT2D eigenvalue weighted by Gasteiger charge is 2.15. The van der Waals surface area contributed by atoms with E-state index in [-0.39, 0.29) is 5.82 Å². The van der Waals surface area contributed by atoms with Crippen LogP contribution in [-0.4, -0.2) is 22.6 Å². The molecule has 2 aromatic heterocycles. The Kier molecular flexibility index (Phi) is 4.60. The molecule has 0 saturated heterocycles. The monoisotopic (exact) mass is 381 g/mol. The molecule has 2 heterocycles. The molecule has 0 unspecified atom stereocenters. The molecule has 136 valence electrons. The van der Waals surface area contributed by atoms with Gasteiger partial charge in [-0.05, 0) is 53.9 Å². The van der Waals surface area contributed by atoms with E-state index in [9.17, 15) is 9.18 Å². The average Bonchev–Trinajstić information content (AvgIpc) is 3.31. The van der Waals surface area contributed by atoms with Crippen molar-refractivity contribution in [2.24, 2.45) is 0 Å². The molecule has 0 aliphatic carbocycles. The Morgan fingerprint density at radius 2 is 2.04 bits per heavy atom. The summed E-state index contributed by atoms with van der Waals surface area (Å²) in [5.74, 6) is -0.0832. The minimum Gasteiger partial charge on any atom is -0.465 e. The first-order valence-corrected chi connectivity index (χ1v) is 9.15. The van der Waals surface area contributed by atoms with E-state index in [1.807, 2.05) is 22.1 Å². The van der Waals surface area contributed by atoms with Crippen molar-refractivity contribution < 1.29 is 13.9 Å². The molecule has 0 spiro atoms. The molecule has 27 heavy (non-hydrogen) atoms. The van der Waals surface area contributed by atoms with Crippen molar-refractivity contribution in [3.8, 4) is 0 Å². The number of carbonyl (C=O) groups excluding carboxylic acids is 1. The highest BCUT2D eigenvalue weighted by Crippen LogP contribution is 2.26. The molecule has 0 saturated carbocycles. The number of fused-ring (bicyclic) bond motifs is 1. The van der Waals surface area contributed by atoms with Crippen LogP contribution in [0.3, 0.4) is 0 Å². The molecule has 0 aliphatic rings. The van der Waals surface area contributed by atoms with Crippen LogP contribution < -0.4 is 5.32 Å².